The average molecular weight is 258 g/mol. The van der Waals surface area contributed by atoms with Crippen LogP contribution in [0.15, 0.2) is 41.2 Å². The van der Waals surface area contributed by atoms with Gasteiger partial charge < -0.3 is 15.0 Å². The fraction of sp³-hybridized carbons (Fsp3) is 0.267. The summed E-state index contributed by atoms with van der Waals surface area (Å²) in [5, 5.41) is 0. The number of benzene rings is 1. The molecule has 1 aromatic carbocycles. The summed E-state index contributed by atoms with van der Waals surface area (Å²) in [4.78, 5) is 12.1. The normalized spacial score (nSPS) is 10.4. The van der Waals surface area contributed by atoms with Crippen molar-refractivity contribution in [3.05, 3.63) is 46.8 Å². The van der Waals surface area contributed by atoms with Gasteiger partial charge in [0.05, 0.1) is 18.5 Å². The van der Waals surface area contributed by atoms with Crippen LogP contribution in [0.25, 0.3) is 11.3 Å². The Bertz CT molecular complexity index is 632. The van der Waals surface area contributed by atoms with E-state index in [9.17, 15) is 4.79 Å². The Morgan fingerprint density at radius 2 is 2.05 bits per heavy atom. The van der Waals surface area contributed by atoms with Gasteiger partial charge in [-0.1, -0.05) is 19.1 Å². The molecule has 0 bridgehead atoms. The Morgan fingerprint density at radius 1 is 1.26 bits per heavy atom. The number of aromatic nitrogens is 1. The lowest BCUT2D eigenvalue weighted by molar-refractivity contribution is 0.415. The van der Waals surface area contributed by atoms with Gasteiger partial charge in [0, 0.05) is 12.1 Å². The summed E-state index contributed by atoms with van der Waals surface area (Å²) in [6, 6.07) is 11.2. The molecule has 0 aliphatic rings. The van der Waals surface area contributed by atoms with Crippen molar-refractivity contribution in [1.29, 1.82) is 0 Å². The lowest BCUT2D eigenvalue weighted by atomic mass is 10.1. The van der Waals surface area contributed by atoms with Gasteiger partial charge in [-0.3, -0.25) is 4.79 Å². The first kappa shape index (κ1) is 13.2. The molecule has 2 rings (SSSR count). The topological polar surface area (TPSA) is 57.2 Å². The van der Waals surface area contributed by atoms with Crippen LogP contribution in [0.5, 0.6) is 5.75 Å². The van der Waals surface area contributed by atoms with Gasteiger partial charge in [-0.05, 0) is 30.7 Å². The molecule has 0 amide bonds. The van der Waals surface area contributed by atoms with E-state index in [4.69, 9.17) is 10.5 Å². The molecule has 4 heteroatoms. The van der Waals surface area contributed by atoms with E-state index < -0.39 is 0 Å². The van der Waals surface area contributed by atoms with E-state index in [0.29, 0.717) is 6.54 Å². The molecule has 4 nitrogen and oxygen atoms in total. The lowest BCUT2D eigenvalue weighted by Crippen LogP contribution is -2.24. The van der Waals surface area contributed by atoms with E-state index >= 15 is 0 Å². The van der Waals surface area contributed by atoms with Crippen LogP contribution in [0.4, 0.5) is 5.69 Å². The standard InChI is InChI=1S/C15H18N2O2/c1-3-9-17-14(8-7-13(16)15(17)18)11-5-4-6-12(10-11)19-2/h4-8,10H,3,9,16H2,1-2H3. The van der Waals surface area contributed by atoms with Gasteiger partial charge in [0.25, 0.3) is 5.56 Å². The van der Waals surface area contributed by atoms with Gasteiger partial charge in [0.1, 0.15) is 5.75 Å². The van der Waals surface area contributed by atoms with Gasteiger partial charge in [-0.2, -0.15) is 0 Å². The molecule has 100 valence electrons. The molecular formula is C15H18N2O2. The SMILES string of the molecule is CCCn1c(-c2cccc(OC)c2)ccc(N)c1=O. The third-order valence-electron chi connectivity index (χ3n) is 3.02. The predicted molar refractivity (Wildman–Crippen MR) is 77.4 cm³/mol. The number of hydrogen-bond donors (Lipinski definition) is 1. The molecule has 1 heterocycles. The smallest absolute Gasteiger partial charge is 0.274 e. The second kappa shape index (κ2) is 5.61. The van der Waals surface area contributed by atoms with E-state index in [1.165, 1.54) is 0 Å². The first-order valence-electron chi connectivity index (χ1n) is 6.31. The van der Waals surface area contributed by atoms with E-state index in [2.05, 4.69) is 0 Å². The number of nitrogens with two attached hydrogens (primary N) is 1. The molecule has 0 fully saturated rings. The van der Waals surface area contributed by atoms with E-state index in [-0.39, 0.29) is 11.2 Å². The predicted octanol–water partition coefficient (Wildman–Crippen LogP) is 2.52. The summed E-state index contributed by atoms with van der Waals surface area (Å²) in [7, 11) is 1.63. The van der Waals surface area contributed by atoms with Crippen molar-refractivity contribution in [2.75, 3.05) is 12.8 Å². The van der Waals surface area contributed by atoms with Crippen LogP contribution in [0.1, 0.15) is 13.3 Å². The van der Waals surface area contributed by atoms with Gasteiger partial charge in [-0.25, -0.2) is 0 Å². The summed E-state index contributed by atoms with van der Waals surface area (Å²) in [5.41, 5.74) is 7.65. The summed E-state index contributed by atoms with van der Waals surface area (Å²) in [6.45, 7) is 2.68. The molecule has 0 atom stereocenters. The molecule has 0 aliphatic carbocycles. The first-order valence-corrected chi connectivity index (χ1v) is 6.31. The van der Waals surface area contributed by atoms with Crippen LogP contribution in [-0.4, -0.2) is 11.7 Å². The molecule has 2 N–H and O–H groups in total. The number of anilines is 1. The highest BCUT2D eigenvalue weighted by Gasteiger charge is 2.08. The Balaban J connectivity index is 2.60. The highest BCUT2D eigenvalue weighted by molar-refractivity contribution is 5.63. The molecule has 0 saturated heterocycles. The number of rotatable bonds is 4. The molecule has 2 aromatic rings. The minimum Gasteiger partial charge on any atom is -0.497 e. The summed E-state index contributed by atoms with van der Waals surface area (Å²) in [6.07, 6.45) is 0.875. The average Bonchev–Trinajstić information content (AvgIpc) is 2.44. The molecule has 0 unspecified atom stereocenters. The number of hydrogen-bond acceptors (Lipinski definition) is 3. The van der Waals surface area contributed by atoms with Crippen molar-refractivity contribution < 1.29 is 4.74 Å². The van der Waals surface area contributed by atoms with Crippen LogP contribution >= 0.6 is 0 Å². The molecule has 1 aromatic heterocycles. The molecule has 19 heavy (non-hydrogen) atoms. The Kier molecular flexibility index (Phi) is 3.90. The fourth-order valence-electron chi connectivity index (χ4n) is 2.08. The monoisotopic (exact) mass is 258 g/mol. The fourth-order valence-corrected chi connectivity index (χ4v) is 2.08. The number of methoxy groups -OCH3 is 1. The summed E-state index contributed by atoms with van der Waals surface area (Å²) in [5.74, 6) is 0.768. The highest BCUT2D eigenvalue weighted by Crippen LogP contribution is 2.23. The van der Waals surface area contributed by atoms with Crippen LogP contribution in [-0.2, 0) is 6.54 Å². The largest absolute Gasteiger partial charge is 0.497 e. The Labute approximate surface area is 112 Å². The molecule has 0 saturated carbocycles. The second-order valence-electron chi connectivity index (χ2n) is 4.36. The Morgan fingerprint density at radius 3 is 2.74 bits per heavy atom. The third kappa shape index (κ3) is 2.62. The molecule has 0 aliphatic heterocycles. The number of pyridine rings is 1. The van der Waals surface area contributed by atoms with E-state index in [1.54, 1.807) is 17.7 Å². The first-order chi connectivity index (χ1) is 9.17. The van der Waals surface area contributed by atoms with Crippen LogP contribution < -0.4 is 16.0 Å². The van der Waals surface area contributed by atoms with Gasteiger partial charge >= 0.3 is 0 Å². The summed E-state index contributed by atoms with van der Waals surface area (Å²) < 4.78 is 6.93. The van der Waals surface area contributed by atoms with E-state index in [0.717, 1.165) is 23.4 Å². The van der Waals surface area contributed by atoms with E-state index in [1.807, 2.05) is 37.3 Å². The molecule has 0 radical (unpaired) electrons. The summed E-state index contributed by atoms with van der Waals surface area (Å²) >= 11 is 0. The molecule has 0 spiro atoms. The van der Waals surface area contributed by atoms with Crippen LogP contribution in [0.2, 0.25) is 0 Å². The maximum Gasteiger partial charge on any atom is 0.274 e. The number of nitrogen functional groups attached to an aromatic ring is 1. The Hall–Kier alpha value is -2.23. The quantitative estimate of drug-likeness (QED) is 0.916. The van der Waals surface area contributed by atoms with Gasteiger partial charge in [0.15, 0.2) is 0 Å². The zero-order chi connectivity index (χ0) is 13.8. The molecular weight excluding hydrogens is 240 g/mol. The van der Waals surface area contributed by atoms with Crippen molar-refractivity contribution >= 4 is 5.69 Å². The van der Waals surface area contributed by atoms with Crippen molar-refractivity contribution in [1.82, 2.24) is 4.57 Å². The zero-order valence-electron chi connectivity index (χ0n) is 11.2. The van der Waals surface area contributed by atoms with Crippen LogP contribution in [0, 0.1) is 0 Å². The van der Waals surface area contributed by atoms with Gasteiger partial charge in [-0.15, -0.1) is 0 Å². The van der Waals surface area contributed by atoms with Crippen molar-refractivity contribution in [2.24, 2.45) is 0 Å². The second-order valence-corrected chi connectivity index (χ2v) is 4.36. The van der Waals surface area contributed by atoms with Gasteiger partial charge in [0.2, 0.25) is 0 Å². The minimum absolute atomic E-state index is 0.137. The van der Waals surface area contributed by atoms with Crippen LogP contribution in [0.3, 0.4) is 0 Å². The third-order valence-corrected chi connectivity index (χ3v) is 3.02. The zero-order valence-corrected chi connectivity index (χ0v) is 11.2. The van der Waals surface area contributed by atoms with Crippen molar-refractivity contribution in [3.63, 3.8) is 0 Å². The minimum atomic E-state index is -0.137. The van der Waals surface area contributed by atoms with Crippen molar-refractivity contribution in [2.45, 2.75) is 19.9 Å². The maximum absolute atomic E-state index is 12.1. The van der Waals surface area contributed by atoms with Crippen molar-refractivity contribution in [3.8, 4) is 17.0 Å². The number of ether oxygens (including phenoxy) is 1. The maximum atomic E-state index is 12.1. The number of nitrogens with zero attached hydrogens (tertiary/aromatic N) is 1. The lowest BCUT2D eigenvalue weighted by Gasteiger charge is -2.13. The highest BCUT2D eigenvalue weighted by atomic mass is 16.5.